The minimum Gasteiger partial charge on any atom is -0.469 e. The Morgan fingerprint density at radius 2 is 1.45 bits per heavy atom. The van der Waals surface area contributed by atoms with E-state index >= 15 is 0 Å². The molecule has 0 aromatic heterocycles. The van der Waals surface area contributed by atoms with Gasteiger partial charge in [-0.05, 0) is 30.2 Å². The standard InChI is InChI=1S/C17H17F6NO5/c1-28-14(26)4-3-12(15(27)29-2)24-13(25)7-9-5-10(16(18,19)20)8-11(6-9)17(21,22)23/h5-6,8,12H,3-4,7H2,1-2H3,(H,24,25)/t12-/m0/s1. The maximum absolute atomic E-state index is 12.9. The largest absolute Gasteiger partial charge is 0.469 e. The molecule has 0 aliphatic heterocycles. The van der Waals surface area contributed by atoms with Gasteiger partial charge in [-0.2, -0.15) is 26.3 Å². The molecule has 1 amide bonds. The van der Waals surface area contributed by atoms with Gasteiger partial charge in [0.05, 0.1) is 31.8 Å². The van der Waals surface area contributed by atoms with Crippen LogP contribution >= 0.6 is 0 Å². The number of hydrogen-bond acceptors (Lipinski definition) is 5. The molecular weight excluding hydrogens is 412 g/mol. The van der Waals surface area contributed by atoms with Crippen molar-refractivity contribution in [3.8, 4) is 0 Å². The normalized spacial score (nSPS) is 12.8. The van der Waals surface area contributed by atoms with Crippen molar-refractivity contribution in [2.75, 3.05) is 14.2 Å². The van der Waals surface area contributed by atoms with Gasteiger partial charge in [-0.1, -0.05) is 0 Å². The summed E-state index contributed by atoms with van der Waals surface area (Å²) in [5, 5.41) is 2.13. The van der Waals surface area contributed by atoms with Crippen molar-refractivity contribution >= 4 is 17.8 Å². The van der Waals surface area contributed by atoms with E-state index in [9.17, 15) is 40.7 Å². The molecule has 0 spiro atoms. The van der Waals surface area contributed by atoms with Gasteiger partial charge < -0.3 is 14.8 Å². The number of esters is 2. The molecule has 0 aliphatic carbocycles. The molecule has 0 saturated heterocycles. The Bertz CT molecular complexity index is 727. The van der Waals surface area contributed by atoms with E-state index in [0.717, 1.165) is 14.2 Å². The van der Waals surface area contributed by atoms with Gasteiger partial charge in [0.15, 0.2) is 0 Å². The monoisotopic (exact) mass is 429 g/mol. The number of carbonyl (C=O) groups excluding carboxylic acids is 3. The Morgan fingerprint density at radius 3 is 1.86 bits per heavy atom. The molecular formula is C17H17F6NO5. The number of halogens is 6. The summed E-state index contributed by atoms with van der Waals surface area (Å²) in [4.78, 5) is 34.9. The second-order valence-corrected chi connectivity index (χ2v) is 5.85. The van der Waals surface area contributed by atoms with Crippen LogP contribution in [0.4, 0.5) is 26.3 Å². The van der Waals surface area contributed by atoms with Crippen LogP contribution in [-0.2, 0) is 42.6 Å². The van der Waals surface area contributed by atoms with Crippen LogP contribution in [0.2, 0.25) is 0 Å². The lowest BCUT2D eigenvalue weighted by Crippen LogP contribution is -2.42. The van der Waals surface area contributed by atoms with Gasteiger partial charge in [0.1, 0.15) is 6.04 Å². The highest BCUT2D eigenvalue weighted by Crippen LogP contribution is 2.36. The summed E-state index contributed by atoms with van der Waals surface area (Å²) >= 11 is 0. The van der Waals surface area contributed by atoms with E-state index in [1.807, 2.05) is 0 Å². The first kappa shape index (κ1) is 24.2. The highest BCUT2D eigenvalue weighted by atomic mass is 19.4. The van der Waals surface area contributed by atoms with Crippen LogP contribution in [-0.4, -0.2) is 38.1 Å². The van der Waals surface area contributed by atoms with Crippen molar-refractivity contribution in [1.82, 2.24) is 5.32 Å². The van der Waals surface area contributed by atoms with Crippen molar-refractivity contribution in [1.29, 1.82) is 0 Å². The SMILES string of the molecule is COC(=O)CC[C@H](NC(=O)Cc1cc(C(F)(F)F)cc(C(F)(F)F)c1)C(=O)OC. The first-order valence-corrected chi connectivity index (χ1v) is 8.00. The summed E-state index contributed by atoms with van der Waals surface area (Å²) in [7, 11) is 2.10. The van der Waals surface area contributed by atoms with Crippen LogP contribution in [0.3, 0.4) is 0 Å². The van der Waals surface area contributed by atoms with Gasteiger partial charge >= 0.3 is 24.3 Å². The van der Waals surface area contributed by atoms with Crippen LogP contribution < -0.4 is 5.32 Å². The Labute approximate surface area is 161 Å². The van der Waals surface area contributed by atoms with E-state index in [1.165, 1.54) is 0 Å². The number of benzene rings is 1. The summed E-state index contributed by atoms with van der Waals surface area (Å²) in [6.45, 7) is 0. The van der Waals surface area contributed by atoms with Crippen LogP contribution in [0.5, 0.6) is 0 Å². The molecule has 0 saturated carbocycles. The average molecular weight is 429 g/mol. The molecule has 1 aromatic rings. The van der Waals surface area contributed by atoms with E-state index in [1.54, 1.807) is 0 Å². The van der Waals surface area contributed by atoms with Crippen molar-refractivity contribution < 1.29 is 50.2 Å². The number of amides is 1. The van der Waals surface area contributed by atoms with Gasteiger partial charge in [0.25, 0.3) is 0 Å². The lowest BCUT2D eigenvalue weighted by atomic mass is 10.0. The van der Waals surface area contributed by atoms with Crippen LogP contribution in [0, 0.1) is 0 Å². The van der Waals surface area contributed by atoms with Crippen molar-refractivity contribution in [3.05, 3.63) is 34.9 Å². The van der Waals surface area contributed by atoms with Crippen molar-refractivity contribution in [2.45, 2.75) is 37.7 Å². The first-order chi connectivity index (χ1) is 13.3. The summed E-state index contributed by atoms with van der Waals surface area (Å²) in [6.07, 6.45) is -11.5. The number of alkyl halides is 6. The fourth-order valence-electron chi connectivity index (χ4n) is 2.31. The maximum atomic E-state index is 12.9. The summed E-state index contributed by atoms with van der Waals surface area (Å²) in [5.74, 6) is -2.67. The number of methoxy groups -OCH3 is 2. The molecule has 1 rings (SSSR count). The van der Waals surface area contributed by atoms with Crippen LogP contribution in [0.25, 0.3) is 0 Å². The topological polar surface area (TPSA) is 81.7 Å². The predicted molar refractivity (Wildman–Crippen MR) is 85.3 cm³/mol. The van der Waals surface area contributed by atoms with E-state index < -0.39 is 59.4 Å². The second kappa shape index (κ2) is 9.61. The predicted octanol–water partition coefficient (Wildman–Crippen LogP) is 2.88. The van der Waals surface area contributed by atoms with E-state index in [0.29, 0.717) is 12.1 Å². The molecule has 6 nitrogen and oxygen atoms in total. The van der Waals surface area contributed by atoms with Crippen LogP contribution in [0.15, 0.2) is 18.2 Å². The van der Waals surface area contributed by atoms with Crippen molar-refractivity contribution in [2.24, 2.45) is 0 Å². The molecule has 0 bridgehead atoms. The minimum absolute atomic E-state index is 0.0605. The van der Waals surface area contributed by atoms with E-state index in [-0.39, 0.29) is 18.9 Å². The zero-order chi connectivity index (χ0) is 22.4. The first-order valence-electron chi connectivity index (χ1n) is 8.00. The number of nitrogens with one attached hydrogen (secondary N) is 1. The van der Waals surface area contributed by atoms with E-state index in [4.69, 9.17) is 0 Å². The summed E-state index contributed by atoms with van der Waals surface area (Å²) in [6, 6.07) is -0.568. The minimum atomic E-state index is -5.05. The zero-order valence-corrected chi connectivity index (χ0v) is 15.2. The Hall–Kier alpha value is -2.79. The Balaban J connectivity index is 3.03. The number of hydrogen-bond donors (Lipinski definition) is 1. The van der Waals surface area contributed by atoms with Gasteiger partial charge in [-0.25, -0.2) is 4.79 Å². The molecule has 12 heteroatoms. The van der Waals surface area contributed by atoms with E-state index in [2.05, 4.69) is 14.8 Å². The van der Waals surface area contributed by atoms with Gasteiger partial charge in [0, 0.05) is 6.42 Å². The Morgan fingerprint density at radius 1 is 0.931 bits per heavy atom. The third kappa shape index (κ3) is 7.62. The van der Waals surface area contributed by atoms with Gasteiger partial charge in [0.2, 0.25) is 5.91 Å². The fourth-order valence-corrected chi connectivity index (χ4v) is 2.31. The molecule has 0 unspecified atom stereocenters. The second-order valence-electron chi connectivity index (χ2n) is 5.85. The third-order valence-corrected chi connectivity index (χ3v) is 3.70. The molecule has 1 N–H and O–H groups in total. The third-order valence-electron chi connectivity index (χ3n) is 3.70. The summed E-state index contributed by atoms with van der Waals surface area (Å²) < 4.78 is 86.1. The highest BCUT2D eigenvalue weighted by Gasteiger charge is 2.37. The highest BCUT2D eigenvalue weighted by molar-refractivity contribution is 5.86. The summed E-state index contributed by atoms with van der Waals surface area (Å²) in [5.41, 5.74) is -3.68. The Kier molecular flexibility index (Phi) is 8.04. The molecule has 0 heterocycles. The fraction of sp³-hybridized carbons (Fsp3) is 0.471. The number of rotatable bonds is 7. The molecule has 1 atom stereocenters. The smallest absolute Gasteiger partial charge is 0.416 e. The van der Waals surface area contributed by atoms with Crippen molar-refractivity contribution in [3.63, 3.8) is 0 Å². The number of ether oxygens (including phenoxy) is 2. The average Bonchev–Trinajstić information content (AvgIpc) is 2.62. The van der Waals surface area contributed by atoms with Gasteiger partial charge in [-0.15, -0.1) is 0 Å². The lowest BCUT2D eigenvalue weighted by Gasteiger charge is -2.17. The quantitative estimate of drug-likeness (QED) is 0.533. The number of carbonyl (C=O) groups is 3. The molecule has 0 aliphatic rings. The molecule has 0 radical (unpaired) electrons. The zero-order valence-electron chi connectivity index (χ0n) is 15.2. The van der Waals surface area contributed by atoms with Crippen LogP contribution in [0.1, 0.15) is 29.5 Å². The van der Waals surface area contributed by atoms with Gasteiger partial charge in [-0.3, -0.25) is 9.59 Å². The molecule has 1 aromatic carbocycles. The molecule has 162 valence electrons. The maximum Gasteiger partial charge on any atom is 0.416 e. The molecule has 29 heavy (non-hydrogen) atoms. The lowest BCUT2D eigenvalue weighted by molar-refractivity contribution is -0.146. The molecule has 0 fully saturated rings.